The lowest BCUT2D eigenvalue weighted by Crippen LogP contribution is -2.48. The average Bonchev–Trinajstić information content (AvgIpc) is 3.29. The minimum Gasteiger partial charge on any atom is -0.467 e. The summed E-state index contributed by atoms with van der Waals surface area (Å²) in [6.07, 6.45) is 1.44. The van der Waals surface area contributed by atoms with Crippen LogP contribution in [0.2, 0.25) is 0 Å². The molecule has 2 aromatic carbocycles. The number of amides is 3. The number of carbonyl (C=O) groups excluding carboxylic acids is 4. The molecular weight excluding hydrogens is 374 g/mol. The largest absolute Gasteiger partial charge is 0.467 e. The molecule has 1 aromatic heterocycles. The third kappa shape index (κ3) is 4.95. The molecule has 0 unspecified atom stereocenters. The van der Waals surface area contributed by atoms with E-state index < -0.39 is 17.7 Å². The first-order valence-electron chi connectivity index (χ1n) is 8.66. The smallest absolute Gasteiger partial charge is 0.327 e. The van der Waals surface area contributed by atoms with Gasteiger partial charge in [-0.15, -0.1) is 0 Å². The highest BCUT2D eigenvalue weighted by Gasteiger charge is 2.19. The van der Waals surface area contributed by atoms with Crippen LogP contribution in [-0.4, -0.2) is 23.5 Å². The van der Waals surface area contributed by atoms with Crippen molar-refractivity contribution in [2.24, 2.45) is 0 Å². The molecule has 3 aromatic rings. The molecular formula is C21H17N3O5. The molecule has 29 heavy (non-hydrogen) atoms. The Morgan fingerprint density at radius 3 is 2.10 bits per heavy atom. The van der Waals surface area contributed by atoms with Crippen molar-refractivity contribution in [1.29, 1.82) is 0 Å². The second-order valence-electron chi connectivity index (χ2n) is 5.91. The normalized spacial score (nSPS) is 10.1. The standard InChI is InChI=1S/C21H17N3O5/c25-18(14-7-2-1-3-8-14)16-10-4-5-11-17(16)19(26)23-24-21(28)20(27)22-13-15-9-6-12-29-15/h1-12H,13H2,(H,22,27)(H,23,26)(H,24,28). The van der Waals surface area contributed by atoms with Gasteiger partial charge in [-0.25, -0.2) is 0 Å². The zero-order chi connectivity index (χ0) is 20.6. The fourth-order valence-corrected chi connectivity index (χ4v) is 2.52. The van der Waals surface area contributed by atoms with Crippen molar-refractivity contribution in [2.45, 2.75) is 6.54 Å². The van der Waals surface area contributed by atoms with Crippen LogP contribution in [0.5, 0.6) is 0 Å². The number of hydrazine groups is 1. The number of furan rings is 1. The number of hydrogen-bond donors (Lipinski definition) is 3. The minimum atomic E-state index is -1.06. The third-order valence-electron chi connectivity index (χ3n) is 3.95. The highest BCUT2D eigenvalue weighted by atomic mass is 16.3. The molecule has 8 heteroatoms. The summed E-state index contributed by atoms with van der Waals surface area (Å²) in [6, 6.07) is 18.0. The van der Waals surface area contributed by atoms with Gasteiger partial charge in [-0.2, -0.15) is 0 Å². The summed E-state index contributed by atoms with van der Waals surface area (Å²) in [4.78, 5) is 48.7. The van der Waals surface area contributed by atoms with E-state index in [-0.39, 0.29) is 23.5 Å². The molecule has 146 valence electrons. The fourth-order valence-electron chi connectivity index (χ4n) is 2.52. The first-order chi connectivity index (χ1) is 14.1. The van der Waals surface area contributed by atoms with E-state index in [9.17, 15) is 19.2 Å². The zero-order valence-electron chi connectivity index (χ0n) is 15.2. The molecule has 0 radical (unpaired) electrons. The SMILES string of the molecule is O=C(NCc1ccco1)C(=O)NNC(=O)c1ccccc1C(=O)c1ccccc1. The molecule has 0 saturated heterocycles. The molecule has 3 N–H and O–H groups in total. The lowest BCUT2D eigenvalue weighted by Gasteiger charge is -2.10. The van der Waals surface area contributed by atoms with Gasteiger partial charge < -0.3 is 9.73 Å². The number of nitrogens with one attached hydrogen (secondary N) is 3. The number of rotatable bonds is 5. The molecule has 0 atom stereocenters. The Bertz CT molecular complexity index is 1030. The Hall–Kier alpha value is -4.20. The Morgan fingerprint density at radius 2 is 1.41 bits per heavy atom. The molecule has 0 saturated carbocycles. The van der Waals surface area contributed by atoms with Crippen molar-refractivity contribution in [3.8, 4) is 0 Å². The van der Waals surface area contributed by atoms with Gasteiger partial charge in [0.1, 0.15) is 5.76 Å². The van der Waals surface area contributed by atoms with Crippen LogP contribution in [0, 0.1) is 0 Å². The van der Waals surface area contributed by atoms with Crippen LogP contribution in [0.25, 0.3) is 0 Å². The van der Waals surface area contributed by atoms with E-state index in [2.05, 4.69) is 10.7 Å². The van der Waals surface area contributed by atoms with Gasteiger partial charge in [-0.3, -0.25) is 30.0 Å². The predicted molar refractivity (Wildman–Crippen MR) is 102 cm³/mol. The van der Waals surface area contributed by atoms with Crippen LogP contribution < -0.4 is 16.2 Å². The van der Waals surface area contributed by atoms with E-state index in [0.29, 0.717) is 11.3 Å². The van der Waals surface area contributed by atoms with Crippen molar-refractivity contribution >= 4 is 23.5 Å². The maximum Gasteiger partial charge on any atom is 0.327 e. The van der Waals surface area contributed by atoms with Crippen molar-refractivity contribution < 1.29 is 23.6 Å². The summed E-state index contributed by atoms with van der Waals surface area (Å²) in [6.45, 7) is 0.0294. The maximum absolute atomic E-state index is 12.7. The second kappa shape index (κ2) is 9.14. The lowest BCUT2D eigenvalue weighted by molar-refractivity contribution is -0.139. The van der Waals surface area contributed by atoms with Gasteiger partial charge in [0.15, 0.2) is 5.78 Å². The molecule has 8 nitrogen and oxygen atoms in total. The number of hydrogen-bond acceptors (Lipinski definition) is 5. The fraction of sp³-hybridized carbons (Fsp3) is 0.0476. The molecule has 0 spiro atoms. The highest BCUT2D eigenvalue weighted by Crippen LogP contribution is 2.14. The Kier molecular flexibility index (Phi) is 6.16. The highest BCUT2D eigenvalue weighted by molar-refractivity contribution is 6.35. The number of benzene rings is 2. The van der Waals surface area contributed by atoms with Gasteiger partial charge in [0.25, 0.3) is 5.91 Å². The van der Waals surface area contributed by atoms with Gasteiger partial charge in [0, 0.05) is 11.1 Å². The van der Waals surface area contributed by atoms with Crippen molar-refractivity contribution in [3.63, 3.8) is 0 Å². The summed E-state index contributed by atoms with van der Waals surface area (Å²) >= 11 is 0. The molecule has 3 amide bonds. The van der Waals surface area contributed by atoms with E-state index in [0.717, 1.165) is 0 Å². The van der Waals surface area contributed by atoms with E-state index in [1.54, 1.807) is 54.6 Å². The van der Waals surface area contributed by atoms with E-state index in [1.807, 2.05) is 5.43 Å². The van der Waals surface area contributed by atoms with Crippen molar-refractivity contribution in [2.75, 3.05) is 0 Å². The van der Waals surface area contributed by atoms with Gasteiger partial charge in [0.2, 0.25) is 0 Å². The van der Waals surface area contributed by atoms with Gasteiger partial charge >= 0.3 is 11.8 Å². The summed E-state index contributed by atoms with van der Waals surface area (Å²) in [5.41, 5.74) is 4.84. The Morgan fingerprint density at radius 1 is 0.724 bits per heavy atom. The third-order valence-corrected chi connectivity index (χ3v) is 3.95. The second-order valence-corrected chi connectivity index (χ2v) is 5.91. The van der Waals surface area contributed by atoms with Crippen LogP contribution in [0.4, 0.5) is 0 Å². The van der Waals surface area contributed by atoms with Crippen molar-refractivity contribution in [1.82, 2.24) is 16.2 Å². The summed E-state index contributed by atoms with van der Waals surface area (Å²) < 4.78 is 5.04. The summed E-state index contributed by atoms with van der Waals surface area (Å²) in [5, 5.41) is 2.35. The van der Waals surface area contributed by atoms with Gasteiger partial charge in [-0.1, -0.05) is 48.5 Å². The van der Waals surface area contributed by atoms with Crippen LogP contribution in [0.15, 0.2) is 77.4 Å². The molecule has 0 fully saturated rings. The first kappa shape index (κ1) is 19.6. The number of carbonyl (C=O) groups is 4. The molecule has 0 aliphatic heterocycles. The molecule has 0 aliphatic rings. The lowest BCUT2D eigenvalue weighted by atomic mass is 9.98. The minimum absolute atomic E-state index is 0.0294. The van der Waals surface area contributed by atoms with Crippen LogP contribution >= 0.6 is 0 Å². The topological polar surface area (TPSA) is 118 Å². The summed E-state index contributed by atoms with van der Waals surface area (Å²) in [5.74, 6) is -2.59. The quantitative estimate of drug-likeness (QED) is 0.347. The van der Waals surface area contributed by atoms with Crippen molar-refractivity contribution in [3.05, 3.63) is 95.4 Å². The average molecular weight is 391 g/mol. The summed E-state index contributed by atoms with van der Waals surface area (Å²) in [7, 11) is 0. The van der Waals surface area contributed by atoms with E-state index in [1.165, 1.54) is 18.4 Å². The van der Waals surface area contributed by atoms with Gasteiger partial charge in [0.05, 0.1) is 18.4 Å². The molecule has 3 rings (SSSR count). The predicted octanol–water partition coefficient (Wildman–Crippen LogP) is 1.59. The Labute approximate surface area is 165 Å². The molecule has 0 aliphatic carbocycles. The zero-order valence-corrected chi connectivity index (χ0v) is 15.2. The Balaban J connectivity index is 1.61. The monoisotopic (exact) mass is 391 g/mol. The van der Waals surface area contributed by atoms with Crippen LogP contribution in [-0.2, 0) is 16.1 Å². The first-order valence-corrected chi connectivity index (χ1v) is 8.66. The number of ketones is 1. The van der Waals surface area contributed by atoms with Crippen LogP contribution in [0.1, 0.15) is 32.0 Å². The van der Waals surface area contributed by atoms with E-state index >= 15 is 0 Å². The maximum atomic E-state index is 12.7. The molecule has 0 bridgehead atoms. The van der Waals surface area contributed by atoms with Gasteiger partial charge in [-0.05, 0) is 18.2 Å². The molecule has 1 heterocycles. The van der Waals surface area contributed by atoms with E-state index in [4.69, 9.17) is 4.42 Å². The van der Waals surface area contributed by atoms with Crippen LogP contribution in [0.3, 0.4) is 0 Å².